The molecule has 0 saturated heterocycles. The second-order valence-electron chi connectivity index (χ2n) is 4.81. The first-order valence-electron chi connectivity index (χ1n) is 7.17. The molecule has 0 radical (unpaired) electrons. The second-order valence-corrected chi connectivity index (χ2v) is 4.81. The summed E-state index contributed by atoms with van der Waals surface area (Å²) in [5, 5.41) is 0. The number of esters is 1. The Morgan fingerprint density at radius 1 is 0.913 bits per heavy atom. The molecule has 0 aliphatic rings. The minimum absolute atomic E-state index is 0.152. The number of carbonyl (C=O) groups is 1. The Bertz CT molecular complexity index is 636. The van der Waals surface area contributed by atoms with Crippen LogP contribution in [-0.2, 0) is 9.53 Å². The van der Waals surface area contributed by atoms with Crippen molar-refractivity contribution in [1.29, 1.82) is 0 Å². The molecular weight excluding hydrogens is 296 g/mol. The van der Waals surface area contributed by atoms with Crippen molar-refractivity contribution >= 4 is 5.97 Å². The molecule has 0 aliphatic carbocycles. The zero-order valence-corrected chi connectivity index (χ0v) is 13.4. The standard InChI is InChI=1S/C18H20O5/c1-20-14-10-8-13(9-11-14)15(18(19)22-3)12-23-17-7-5-4-6-16(17)21-2/h4-11,15H,12H2,1-3H3. The maximum Gasteiger partial charge on any atom is 0.316 e. The molecule has 0 heterocycles. The normalized spacial score (nSPS) is 11.4. The molecular formula is C18H20O5. The maximum atomic E-state index is 12.1. The van der Waals surface area contributed by atoms with Crippen molar-refractivity contribution in [2.24, 2.45) is 0 Å². The van der Waals surface area contributed by atoms with Crippen molar-refractivity contribution in [3.05, 3.63) is 54.1 Å². The minimum Gasteiger partial charge on any atom is -0.497 e. The molecule has 0 saturated carbocycles. The molecule has 0 spiro atoms. The quantitative estimate of drug-likeness (QED) is 0.735. The first-order valence-corrected chi connectivity index (χ1v) is 7.17. The van der Waals surface area contributed by atoms with Crippen molar-refractivity contribution in [2.75, 3.05) is 27.9 Å². The van der Waals surface area contributed by atoms with E-state index in [0.29, 0.717) is 11.5 Å². The van der Waals surface area contributed by atoms with Crippen LogP contribution in [0.25, 0.3) is 0 Å². The van der Waals surface area contributed by atoms with Gasteiger partial charge in [-0.1, -0.05) is 24.3 Å². The molecule has 5 heteroatoms. The van der Waals surface area contributed by atoms with Crippen molar-refractivity contribution in [3.63, 3.8) is 0 Å². The van der Waals surface area contributed by atoms with E-state index in [1.54, 1.807) is 38.5 Å². The van der Waals surface area contributed by atoms with Gasteiger partial charge in [-0.05, 0) is 29.8 Å². The van der Waals surface area contributed by atoms with Gasteiger partial charge in [0.1, 0.15) is 18.3 Å². The van der Waals surface area contributed by atoms with Gasteiger partial charge in [-0.2, -0.15) is 0 Å². The lowest BCUT2D eigenvalue weighted by Crippen LogP contribution is -2.21. The molecule has 122 valence electrons. The fraction of sp³-hybridized carbons (Fsp3) is 0.278. The van der Waals surface area contributed by atoms with E-state index in [4.69, 9.17) is 18.9 Å². The molecule has 1 unspecified atom stereocenters. The van der Waals surface area contributed by atoms with Gasteiger partial charge < -0.3 is 18.9 Å². The van der Waals surface area contributed by atoms with Gasteiger partial charge >= 0.3 is 5.97 Å². The van der Waals surface area contributed by atoms with Gasteiger partial charge in [0.15, 0.2) is 11.5 Å². The van der Waals surface area contributed by atoms with Crippen LogP contribution in [0.5, 0.6) is 17.2 Å². The van der Waals surface area contributed by atoms with E-state index < -0.39 is 5.92 Å². The molecule has 0 amide bonds. The number of ether oxygens (including phenoxy) is 4. The fourth-order valence-corrected chi connectivity index (χ4v) is 2.19. The highest BCUT2D eigenvalue weighted by Crippen LogP contribution is 2.28. The highest BCUT2D eigenvalue weighted by atomic mass is 16.5. The van der Waals surface area contributed by atoms with E-state index in [2.05, 4.69) is 0 Å². The van der Waals surface area contributed by atoms with Crippen LogP contribution in [0.2, 0.25) is 0 Å². The zero-order valence-electron chi connectivity index (χ0n) is 13.4. The number of hydrogen-bond donors (Lipinski definition) is 0. The van der Waals surface area contributed by atoms with E-state index in [-0.39, 0.29) is 12.6 Å². The number of rotatable bonds is 7. The molecule has 1 atom stereocenters. The molecule has 0 aromatic heterocycles. The van der Waals surface area contributed by atoms with Crippen LogP contribution < -0.4 is 14.2 Å². The number of hydrogen-bond acceptors (Lipinski definition) is 5. The summed E-state index contributed by atoms with van der Waals surface area (Å²) >= 11 is 0. The molecule has 0 bridgehead atoms. The molecule has 0 N–H and O–H groups in total. The first kappa shape index (κ1) is 16.7. The maximum absolute atomic E-state index is 12.1. The van der Waals surface area contributed by atoms with Gasteiger partial charge in [-0.15, -0.1) is 0 Å². The molecule has 0 fully saturated rings. The van der Waals surface area contributed by atoms with Crippen LogP contribution in [0, 0.1) is 0 Å². The lowest BCUT2D eigenvalue weighted by molar-refractivity contribution is -0.143. The molecule has 5 nitrogen and oxygen atoms in total. The summed E-state index contributed by atoms with van der Waals surface area (Å²) in [5.41, 5.74) is 0.799. The van der Waals surface area contributed by atoms with Crippen molar-refractivity contribution in [1.82, 2.24) is 0 Å². The lowest BCUT2D eigenvalue weighted by Gasteiger charge is -2.17. The molecule has 2 rings (SSSR count). The number of methoxy groups -OCH3 is 3. The summed E-state index contributed by atoms with van der Waals surface area (Å²) in [6, 6.07) is 14.5. The van der Waals surface area contributed by atoms with Gasteiger partial charge in [0, 0.05) is 0 Å². The zero-order chi connectivity index (χ0) is 16.7. The number of benzene rings is 2. The Morgan fingerprint density at radius 3 is 2.13 bits per heavy atom. The summed E-state index contributed by atoms with van der Waals surface area (Å²) in [6.45, 7) is 0.152. The lowest BCUT2D eigenvalue weighted by atomic mass is 10.00. The summed E-state index contributed by atoms with van der Waals surface area (Å²) in [7, 11) is 4.53. The van der Waals surface area contributed by atoms with Crippen LogP contribution in [0.15, 0.2) is 48.5 Å². The smallest absolute Gasteiger partial charge is 0.316 e. The summed E-state index contributed by atoms with van der Waals surface area (Å²) < 4.78 is 21.0. The van der Waals surface area contributed by atoms with Crippen LogP contribution in [0.3, 0.4) is 0 Å². The van der Waals surface area contributed by atoms with Gasteiger partial charge in [-0.3, -0.25) is 4.79 Å². The summed E-state index contributed by atoms with van der Waals surface area (Å²) in [6.07, 6.45) is 0. The first-order chi connectivity index (χ1) is 11.2. The van der Waals surface area contributed by atoms with Crippen LogP contribution >= 0.6 is 0 Å². The van der Waals surface area contributed by atoms with E-state index in [1.165, 1.54) is 7.11 Å². The highest BCUT2D eigenvalue weighted by Gasteiger charge is 2.23. The Balaban J connectivity index is 2.17. The Morgan fingerprint density at radius 2 is 1.57 bits per heavy atom. The van der Waals surface area contributed by atoms with E-state index in [0.717, 1.165) is 11.3 Å². The van der Waals surface area contributed by atoms with Crippen LogP contribution in [-0.4, -0.2) is 33.9 Å². The van der Waals surface area contributed by atoms with Crippen molar-refractivity contribution in [2.45, 2.75) is 5.92 Å². The van der Waals surface area contributed by atoms with Crippen LogP contribution in [0.4, 0.5) is 0 Å². The van der Waals surface area contributed by atoms with Crippen molar-refractivity contribution < 1.29 is 23.7 Å². The Kier molecular flexibility index (Phi) is 5.86. The van der Waals surface area contributed by atoms with Gasteiger partial charge in [0.2, 0.25) is 0 Å². The Hall–Kier alpha value is -2.69. The fourth-order valence-electron chi connectivity index (χ4n) is 2.19. The largest absolute Gasteiger partial charge is 0.497 e. The average Bonchev–Trinajstić information content (AvgIpc) is 2.62. The predicted molar refractivity (Wildman–Crippen MR) is 86.2 cm³/mol. The number of para-hydroxylation sites is 2. The molecule has 2 aromatic rings. The predicted octanol–water partition coefficient (Wildman–Crippen LogP) is 3.04. The SMILES string of the molecule is COC(=O)C(COc1ccccc1OC)c1ccc(OC)cc1. The molecule has 23 heavy (non-hydrogen) atoms. The van der Waals surface area contributed by atoms with Gasteiger partial charge in [0.05, 0.1) is 21.3 Å². The average molecular weight is 316 g/mol. The number of carbonyl (C=O) groups excluding carboxylic acids is 1. The molecule has 0 aliphatic heterocycles. The van der Waals surface area contributed by atoms with E-state index in [9.17, 15) is 4.79 Å². The Labute approximate surface area is 135 Å². The van der Waals surface area contributed by atoms with Gasteiger partial charge in [0.25, 0.3) is 0 Å². The van der Waals surface area contributed by atoms with Crippen LogP contribution in [0.1, 0.15) is 11.5 Å². The van der Waals surface area contributed by atoms with Gasteiger partial charge in [-0.25, -0.2) is 0 Å². The third-order valence-corrected chi connectivity index (χ3v) is 3.48. The minimum atomic E-state index is -0.532. The highest BCUT2D eigenvalue weighted by molar-refractivity contribution is 5.78. The third-order valence-electron chi connectivity index (χ3n) is 3.48. The van der Waals surface area contributed by atoms with E-state index in [1.807, 2.05) is 24.3 Å². The van der Waals surface area contributed by atoms with E-state index >= 15 is 0 Å². The molecule has 2 aromatic carbocycles. The van der Waals surface area contributed by atoms with Crippen molar-refractivity contribution in [3.8, 4) is 17.2 Å². The summed E-state index contributed by atoms with van der Waals surface area (Å²) in [4.78, 5) is 12.1. The monoisotopic (exact) mass is 316 g/mol. The topological polar surface area (TPSA) is 54.0 Å². The third kappa shape index (κ3) is 4.16. The second kappa shape index (κ2) is 8.08. The summed E-state index contributed by atoms with van der Waals surface area (Å²) in [5.74, 6) is 1.03.